The van der Waals surface area contributed by atoms with Crippen molar-refractivity contribution < 1.29 is 19.1 Å². The Morgan fingerprint density at radius 3 is 2.78 bits per heavy atom. The summed E-state index contributed by atoms with van der Waals surface area (Å²) in [5.74, 6) is 0.871. The molecule has 1 aliphatic rings. The second-order valence-corrected chi connectivity index (χ2v) is 7.97. The first-order valence-corrected chi connectivity index (χ1v) is 11.1. The van der Waals surface area contributed by atoms with E-state index < -0.39 is 0 Å². The Labute approximate surface area is 190 Å². The molecule has 0 atom stereocenters. The maximum Gasteiger partial charge on any atom is 0.251 e. The number of piperazine rings is 1. The predicted molar refractivity (Wildman–Crippen MR) is 122 cm³/mol. The Balaban J connectivity index is 1.33. The normalized spacial score (nSPS) is 13.4. The van der Waals surface area contributed by atoms with Crippen LogP contribution in [0.4, 0.5) is 5.69 Å². The molecule has 8 nitrogen and oxygen atoms in total. The number of hydrogen-bond acceptors (Lipinski definition) is 7. The molecule has 1 fully saturated rings. The molecule has 2 amide bonds. The summed E-state index contributed by atoms with van der Waals surface area (Å²) >= 11 is 1.51. The molecule has 1 saturated heterocycles. The van der Waals surface area contributed by atoms with Gasteiger partial charge < -0.3 is 25.0 Å². The van der Waals surface area contributed by atoms with Crippen molar-refractivity contribution in [2.45, 2.75) is 13.2 Å². The van der Waals surface area contributed by atoms with Crippen molar-refractivity contribution >= 4 is 28.8 Å². The lowest BCUT2D eigenvalue weighted by Crippen LogP contribution is -2.47. The zero-order chi connectivity index (χ0) is 22.3. The number of ether oxygens (including phenoxy) is 2. The summed E-state index contributed by atoms with van der Waals surface area (Å²) in [6, 6.07) is 12.9. The lowest BCUT2D eigenvalue weighted by atomic mass is 10.1. The molecule has 9 heteroatoms. The molecule has 0 saturated carbocycles. The fourth-order valence-electron chi connectivity index (χ4n) is 3.36. The highest BCUT2D eigenvalue weighted by Gasteiger charge is 2.16. The van der Waals surface area contributed by atoms with Crippen LogP contribution >= 0.6 is 11.3 Å². The van der Waals surface area contributed by atoms with E-state index >= 15 is 0 Å². The topological polar surface area (TPSA) is 92.8 Å². The predicted octanol–water partition coefficient (Wildman–Crippen LogP) is 2.60. The van der Waals surface area contributed by atoms with Gasteiger partial charge in [0.25, 0.3) is 5.91 Å². The van der Waals surface area contributed by atoms with E-state index in [1.807, 2.05) is 34.5 Å². The molecule has 1 aromatic heterocycles. The van der Waals surface area contributed by atoms with Crippen LogP contribution in [0.15, 0.2) is 53.4 Å². The smallest absolute Gasteiger partial charge is 0.251 e. The average Bonchev–Trinajstić information content (AvgIpc) is 3.35. The number of amides is 2. The number of nitrogens with zero attached hydrogens (tertiary/aromatic N) is 2. The fourth-order valence-corrected chi connectivity index (χ4v) is 3.90. The van der Waals surface area contributed by atoms with E-state index in [0.29, 0.717) is 43.3 Å². The van der Waals surface area contributed by atoms with Gasteiger partial charge in [0, 0.05) is 36.3 Å². The van der Waals surface area contributed by atoms with Gasteiger partial charge in [0.2, 0.25) is 5.91 Å². The zero-order valence-electron chi connectivity index (χ0n) is 17.7. The summed E-state index contributed by atoms with van der Waals surface area (Å²) in [7, 11) is 1.54. The molecule has 3 aromatic rings. The van der Waals surface area contributed by atoms with Crippen LogP contribution in [0.1, 0.15) is 21.6 Å². The molecule has 166 valence electrons. The number of hydrogen-bond donors (Lipinski definition) is 2. The second-order valence-electron chi connectivity index (χ2n) is 7.25. The van der Waals surface area contributed by atoms with E-state index in [2.05, 4.69) is 15.6 Å². The van der Waals surface area contributed by atoms with Crippen molar-refractivity contribution in [1.82, 2.24) is 15.6 Å². The van der Waals surface area contributed by atoms with Crippen molar-refractivity contribution in [2.75, 3.05) is 31.6 Å². The Hall–Kier alpha value is -3.59. The molecular weight excluding hydrogens is 428 g/mol. The SMILES string of the molecule is COc1cc(C(=O)NCc2ccc(N3CCNC(=O)C3)cc2)ccc1OCc1cscn1. The first kappa shape index (κ1) is 21.6. The maximum absolute atomic E-state index is 12.6. The first-order valence-electron chi connectivity index (χ1n) is 10.2. The maximum atomic E-state index is 12.6. The van der Waals surface area contributed by atoms with Gasteiger partial charge in [-0.3, -0.25) is 9.59 Å². The minimum Gasteiger partial charge on any atom is -0.493 e. The van der Waals surface area contributed by atoms with Gasteiger partial charge in [0.1, 0.15) is 6.61 Å². The molecule has 1 aliphatic heterocycles. The Morgan fingerprint density at radius 1 is 1.22 bits per heavy atom. The number of aromatic nitrogens is 1. The highest BCUT2D eigenvalue weighted by atomic mass is 32.1. The Kier molecular flexibility index (Phi) is 6.86. The molecule has 2 aromatic carbocycles. The third-order valence-electron chi connectivity index (χ3n) is 5.08. The number of anilines is 1. The number of carbonyl (C=O) groups is 2. The van der Waals surface area contributed by atoms with Crippen LogP contribution in [-0.2, 0) is 17.9 Å². The number of carbonyl (C=O) groups excluding carboxylic acids is 2. The summed E-state index contributed by atoms with van der Waals surface area (Å²) in [6.45, 7) is 2.52. The number of nitrogens with one attached hydrogen (secondary N) is 2. The van der Waals surface area contributed by atoms with Crippen molar-refractivity contribution in [1.29, 1.82) is 0 Å². The van der Waals surface area contributed by atoms with Crippen LogP contribution in [-0.4, -0.2) is 43.5 Å². The monoisotopic (exact) mass is 452 g/mol. The molecule has 0 radical (unpaired) electrons. The second kappa shape index (κ2) is 10.1. The minimum atomic E-state index is -0.203. The zero-order valence-corrected chi connectivity index (χ0v) is 18.5. The molecule has 2 N–H and O–H groups in total. The van der Waals surface area contributed by atoms with Gasteiger partial charge in [-0.1, -0.05) is 12.1 Å². The lowest BCUT2D eigenvalue weighted by molar-refractivity contribution is -0.120. The Morgan fingerprint density at radius 2 is 2.06 bits per heavy atom. The standard InChI is InChI=1S/C23H24N4O4S/c1-30-21-10-17(4-7-20(21)31-13-18-14-32-15-26-18)23(29)25-11-16-2-5-19(6-3-16)27-9-8-24-22(28)12-27/h2-7,10,14-15H,8-9,11-13H2,1H3,(H,24,28)(H,25,29). The third-order valence-corrected chi connectivity index (χ3v) is 5.71. The average molecular weight is 453 g/mol. The van der Waals surface area contributed by atoms with Gasteiger partial charge in [0.15, 0.2) is 11.5 Å². The van der Waals surface area contributed by atoms with E-state index in [9.17, 15) is 9.59 Å². The molecule has 2 heterocycles. The van der Waals surface area contributed by atoms with Crippen molar-refractivity contribution in [3.05, 3.63) is 70.2 Å². The Bertz CT molecular complexity index is 1070. The van der Waals surface area contributed by atoms with Crippen LogP contribution in [0.25, 0.3) is 0 Å². The first-order chi connectivity index (χ1) is 15.6. The van der Waals surface area contributed by atoms with Gasteiger partial charge in [0.05, 0.1) is 24.9 Å². The highest BCUT2D eigenvalue weighted by Crippen LogP contribution is 2.29. The number of methoxy groups -OCH3 is 1. The highest BCUT2D eigenvalue weighted by molar-refractivity contribution is 7.07. The van der Waals surface area contributed by atoms with E-state index in [4.69, 9.17) is 9.47 Å². The van der Waals surface area contributed by atoms with Crippen LogP contribution in [0.2, 0.25) is 0 Å². The van der Waals surface area contributed by atoms with Gasteiger partial charge in [-0.05, 0) is 35.9 Å². The number of benzene rings is 2. The van der Waals surface area contributed by atoms with Gasteiger partial charge >= 0.3 is 0 Å². The van der Waals surface area contributed by atoms with Crippen molar-refractivity contribution in [2.24, 2.45) is 0 Å². The summed E-state index contributed by atoms with van der Waals surface area (Å²) in [5, 5.41) is 7.66. The molecular formula is C23H24N4O4S. The van der Waals surface area contributed by atoms with Crippen molar-refractivity contribution in [3.63, 3.8) is 0 Å². The number of thiazole rings is 1. The minimum absolute atomic E-state index is 0.0302. The third kappa shape index (κ3) is 5.36. The van der Waals surface area contributed by atoms with Crippen LogP contribution in [0.5, 0.6) is 11.5 Å². The van der Waals surface area contributed by atoms with Crippen molar-refractivity contribution in [3.8, 4) is 11.5 Å². The van der Waals surface area contributed by atoms with Crippen LogP contribution in [0, 0.1) is 0 Å². The molecule has 0 bridgehead atoms. The molecule has 0 aliphatic carbocycles. The van der Waals surface area contributed by atoms with Gasteiger partial charge in [-0.25, -0.2) is 4.98 Å². The summed E-state index contributed by atoms with van der Waals surface area (Å²) < 4.78 is 11.2. The van der Waals surface area contributed by atoms with E-state index in [1.54, 1.807) is 30.8 Å². The fraction of sp³-hybridized carbons (Fsp3) is 0.261. The quantitative estimate of drug-likeness (QED) is 0.546. The molecule has 4 rings (SSSR count). The summed E-state index contributed by atoms with van der Waals surface area (Å²) in [5.41, 5.74) is 5.04. The largest absolute Gasteiger partial charge is 0.493 e. The van der Waals surface area contributed by atoms with Gasteiger partial charge in [-0.2, -0.15) is 0 Å². The van der Waals surface area contributed by atoms with Crippen LogP contribution < -0.4 is 25.0 Å². The summed E-state index contributed by atoms with van der Waals surface area (Å²) in [4.78, 5) is 30.4. The lowest BCUT2D eigenvalue weighted by Gasteiger charge is -2.28. The molecule has 32 heavy (non-hydrogen) atoms. The molecule has 0 unspecified atom stereocenters. The summed E-state index contributed by atoms with van der Waals surface area (Å²) in [6.07, 6.45) is 0. The number of rotatable bonds is 8. The van der Waals surface area contributed by atoms with E-state index in [0.717, 1.165) is 23.5 Å². The van der Waals surface area contributed by atoms with E-state index in [-0.39, 0.29) is 11.8 Å². The van der Waals surface area contributed by atoms with E-state index in [1.165, 1.54) is 11.3 Å². The molecule has 0 spiro atoms. The van der Waals surface area contributed by atoms with Gasteiger partial charge in [-0.15, -0.1) is 11.3 Å². The van der Waals surface area contributed by atoms with Crippen LogP contribution in [0.3, 0.4) is 0 Å².